The number of likely N-dealkylation sites (tertiary alicyclic amines) is 1. The van der Waals surface area contributed by atoms with Crippen LogP contribution in [0, 0.1) is 0 Å². The molecule has 5 N–H and O–H groups in total. The Morgan fingerprint density at radius 3 is 2.41 bits per heavy atom. The highest BCUT2D eigenvalue weighted by Crippen LogP contribution is 2.33. The van der Waals surface area contributed by atoms with Crippen molar-refractivity contribution in [3.8, 4) is 0 Å². The number of piperidine rings is 1. The fourth-order valence-electron chi connectivity index (χ4n) is 5.73. The van der Waals surface area contributed by atoms with Gasteiger partial charge in [-0.15, -0.1) is 0 Å². The summed E-state index contributed by atoms with van der Waals surface area (Å²) in [4.78, 5) is 40.1. The lowest BCUT2D eigenvalue weighted by atomic mass is 9.92. The quantitative estimate of drug-likeness (QED) is 0.455. The highest BCUT2D eigenvalue weighted by atomic mass is 16.5. The van der Waals surface area contributed by atoms with Gasteiger partial charge in [0.1, 0.15) is 0 Å². The molecule has 12 heteroatoms. The number of nitrogens with one attached hydrogen (secondary N) is 3. The molecule has 3 amide bonds. The molecule has 1 saturated heterocycles. The molecule has 0 atom stereocenters. The molecule has 12 nitrogen and oxygen atoms in total. The summed E-state index contributed by atoms with van der Waals surface area (Å²) in [5, 5.41) is 9.44. The van der Waals surface area contributed by atoms with Crippen LogP contribution in [0.15, 0.2) is 6.33 Å². The van der Waals surface area contributed by atoms with E-state index in [-0.39, 0.29) is 18.7 Å². The first-order valence-corrected chi connectivity index (χ1v) is 13.8. The second-order valence-corrected chi connectivity index (χ2v) is 10.5. The third-order valence-electron chi connectivity index (χ3n) is 7.85. The Labute approximate surface area is 217 Å². The zero-order chi connectivity index (χ0) is 25.8. The van der Waals surface area contributed by atoms with Crippen LogP contribution >= 0.6 is 0 Å². The summed E-state index contributed by atoms with van der Waals surface area (Å²) in [7, 11) is 0. The van der Waals surface area contributed by atoms with E-state index in [0.29, 0.717) is 31.1 Å². The standard InChI is InChI=1S/C25H39N9O3/c1-2-37-25(36)32-24(35)33-13-11-18(12-14-33)28-21-20-22(34(15-27-20)19-5-3-4-6-19)31-23(30-21)29-17-9-7-16(26)8-10-17/h15-19H,2-14,26H2,1H3,(H,32,35,36)(H2,28,29,30,31). The molecule has 0 bridgehead atoms. The van der Waals surface area contributed by atoms with Gasteiger partial charge in [-0.1, -0.05) is 12.8 Å². The average Bonchev–Trinajstić information content (AvgIpc) is 3.56. The molecule has 3 fully saturated rings. The summed E-state index contributed by atoms with van der Waals surface area (Å²) in [5.41, 5.74) is 7.75. The highest BCUT2D eigenvalue weighted by molar-refractivity contribution is 5.90. The van der Waals surface area contributed by atoms with E-state index >= 15 is 0 Å². The number of amides is 3. The first-order valence-electron chi connectivity index (χ1n) is 13.8. The van der Waals surface area contributed by atoms with Gasteiger partial charge in [0.25, 0.3) is 0 Å². The minimum Gasteiger partial charge on any atom is -0.450 e. The first kappa shape index (κ1) is 25.5. The number of imidazole rings is 1. The molecule has 2 aromatic heterocycles. The molecular weight excluding hydrogens is 474 g/mol. The summed E-state index contributed by atoms with van der Waals surface area (Å²) in [5.74, 6) is 1.35. The lowest BCUT2D eigenvalue weighted by Gasteiger charge is -2.32. The normalized spacial score (nSPS) is 23.2. The van der Waals surface area contributed by atoms with E-state index in [4.69, 9.17) is 25.4 Å². The molecule has 3 heterocycles. The maximum atomic E-state index is 12.3. The van der Waals surface area contributed by atoms with Crippen molar-refractivity contribution in [1.82, 2.24) is 29.7 Å². The summed E-state index contributed by atoms with van der Waals surface area (Å²) in [6, 6.07) is 0.730. The van der Waals surface area contributed by atoms with Gasteiger partial charge in [0, 0.05) is 37.3 Å². The van der Waals surface area contributed by atoms with Gasteiger partial charge in [-0.25, -0.2) is 19.9 Å². The van der Waals surface area contributed by atoms with Crippen molar-refractivity contribution in [2.75, 3.05) is 30.3 Å². The molecule has 2 aromatic rings. The number of hydrogen-bond donors (Lipinski definition) is 4. The molecular formula is C25H39N9O3. The topological polar surface area (TPSA) is 152 Å². The summed E-state index contributed by atoms with van der Waals surface area (Å²) in [6.45, 7) is 2.98. The Bertz CT molecular complexity index is 1080. The third kappa shape index (κ3) is 6.06. The fraction of sp³-hybridized carbons (Fsp3) is 0.720. The zero-order valence-corrected chi connectivity index (χ0v) is 21.6. The van der Waals surface area contributed by atoms with Gasteiger partial charge in [-0.2, -0.15) is 9.97 Å². The Kier molecular flexibility index (Phi) is 7.92. The molecule has 3 aliphatic rings. The molecule has 0 aromatic carbocycles. The van der Waals surface area contributed by atoms with E-state index in [1.54, 1.807) is 11.8 Å². The van der Waals surface area contributed by atoms with Crippen LogP contribution in [0.25, 0.3) is 11.2 Å². The number of carbonyl (C=O) groups is 2. The zero-order valence-electron chi connectivity index (χ0n) is 21.6. The van der Waals surface area contributed by atoms with Crippen LogP contribution in [0.5, 0.6) is 0 Å². The van der Waals surface area contributed by atoms with Gasteiger partial charge < -0.3 is 30.6 Å². The monoisotopic (exact) mass is 513 g/mol. The van der Waals surface area contributed by atoms with E-state index < -0.39 is 12.1 Å². The van der Waals surface area contributed by atoms with Gasteiger partial charge in [-0.3, -0.25) is 0 Å². The number of urea groups is 1. The molecule has 0 radical (unpaired) electrons. The molecule has 0 spiro atoms. The molecule has 5 rings (SSSR count). The predicted molar refractivity (Wildman–Crippen MR) is 140 cm³/mol. The van der Waals surface area contributed by atoms with Crippen molar-refractivity contribution in [3.05, 3.63) is 6.33 Å². The Morgan fingerprint density at radius 2 is 1.70 bits per heavy atom. The van der Waals surface area contributed by atoms with E-state index in [1.165, 1.54) is 12.8 Å². The summed E-state index contributed by atoms with van der Waals surface area (Å²) in [6.07, 6.45) is 11.5. The van der Waals surface area contributed by atoms with Gasteiger partial charge in [0.15, 0.2) is 17.0 Å². The number of rotatable bonds is 6. The third-order valence-corrected chi connectivity index (χ3v) is 7.85. The number of nitrogens with two attached hydrogens (primary N) is 1. The van der Waals surface area contributed by atoms with Crippen molar-refractivity contribution >= 4 is 35.1 Å². The van der Waals surface area contributed by atoms with Gasteiger partial charge in [0.2, 0.25) is 5.95 Å². The first-order chi connectivity index (χ1) is 18.0. The van der Waals surface area contributed by atoms with Crippen LogP contribution in [0.3, 0.4) is 0 Å². The number of hydrogen-bond acceptors (Lipinski definition) is 9. The largest absolute Gasteiger partial charge is 0.450 e. The van der Waals surface area contributed by atoms with Crippen LogP contribution in [0.1, 0.15) is 77.2 Å². The van der Waals surface area contributed by atoms with E-state index in [1.807, 2.05) is 6.33 Å². The van der Waals surface area contributed by atoms with Crippen molar-refractivity contribution in [2.24, 2.45) is 5.73 Å². The Morgan fingerprint density at radius 1 is 1.00 bits per heavy atom. The van der Waals surface area contributed by atoms with Crippen molar-refractivity contribution in [1.29, 1.82) is 0 Å². The molecule has 0 unspecified atom stereocenters. The lowest BCUT2D eigenvalue weighted by Crippen LogP contribution is -2.48. The van der Waals surface area contributed by atoms with Crippen LogP contribution in [0.2, 0.25) is 0 Å². The number of imide groups is 1. The Balaban J connectivity index is 1.30. The van der Waals surface area contributed by atoms with E-state index in [9.17, 15) is 9.59 Å². The SMILES string of the molecule is CCOC(=O)NC(=O)N1CCC(Nc2nc(NC3CCC(N)CC3)nc3c2ncn3C2CCCC2)CC1. The van der Waals surface area contributed by atoms with E-state index in [2.05, 4.69) is 20.5 Å². The van der Waals surface area contributed by atoms with Crippen LogP contribution in [0.4, 0.5) is 21.4 Å². The van der Waals surface area contributed by atoms with Gasteiger partial charge in [0.05, 0.1) is 12.9 Å². The number of nitrogens with zero attached hydrogens (tertiary/aromatic N) is 5. The number of aromatic nitrogens is 4. The number of anilines is 2. The predicted octanol–water partition coefficient (Wildman–Crippen LogP) is 3.37. The molecule has 2 saturated carbocycles. The van der Waals surface area contributed by atoms with Crippen molar-refractivity contribution in [3.63, 3.8) is 0 Å². The van der Waals surface area contributed by atoms with E-state index in [0.717, 1.165) is 68.3 Å². The van der Waals surface area contributed by atoms with Crippen LogP contribution < -0.4 is 21.7 Å². The molecule has 202 valence electrons. The van der Waals surface area contributed by atoms with Crippen LogP contribution in [-0.4, -0.2) is 74.4 Å². The number of carbonyl (C=O) groups excluding carboxylic acids is 2. The number of alkyl carbamates (subject to hydrolysis) is 1. The van der Waals surface area contributed by atoms with Gasteiger partial charge in [-0.05, 0) is 58.3 Å². The van der Waals surface area contributed by atoms with Crippen molar-refractivity contribution < 1.29 is 14.3 Å². The second kappa shape index (κ2) is 11.5. The van der Waals surface area contributed by atoms with Crippen LogP contribution in [-0.2, 0) is 4.74 Å². The number of ether oxygens (including phenoxy) is 1. The van der Waals surface area contributed by atoms with Gasteiger partial charge >= 0.3 is 12.1 Å². The minimum absolute atomic E-state index is 0.127. The second-order valence-electron chi connectivity index (χ2n) is 10.5. The minimum atomic E-state index is -0.714. The Hall–Kier alpha value is -3.15. The lowest BCUT2D eigenvalue weighted by molar-refractivity contribution is 0.144. The maximum Gasteiger partial charge on any atom is 0.415 e. The maximum absolute atomic E-state index is 12.3. The fourth-order valence-corrected chi connectivity index (χ4v) is 5.73. The number of fused-ring (bicyclic) bond motifs is 1. The molecule has 2 aliphatic carbocycles. The molecule has 37 heavy (non-hydrogen) atoms. The molecule has 1 aliphatic heterocycles. The summed E-state index contributed by atoms with van der Waals surface area (Å²) < 4.78 is 7.03. The highest BCUT2D eigenvalue weighted by Gasteiger charge is 2.27. The van der Waals surface area contributed by atoms with Crippen molar-refractivity contribution in [2.45, 2.75) is 95.3 Å². The average molecular weight is 514 g/mol. The summed E-state index contributed by atoms with van der Waals surface area (Å²) >= 11 is 0. The smallest absolute Gasteiger partial charge is 0.415 e.